The molecule has 0 aliphatic heterocycles. The number of aryl methyl sites for hydroxylation is 2. The van der Waals surface area contributed by atoms with Gasteiger partial charge in [0.25, 0.3) is 0 Å². The Hall–Kier alpha value is -2.78. The molecule has 5 nitrogen and oxygen atoms in total. The largest absolute Gasteiger partial charge is 0.325 e. The molecule has 0 spiro atoms. The van der Waals surface area contributed by atoms with E-state index in [1.54, 1.807) is 12.1 Å². The number of carbonyl (C=O) groups is 2. The predicted molar refractivity (Wildman–Crippen MR) is 106 cm³/mol. The molecule has 0 aliphatic carbocycles. The van der Waals surface area contributed by atoms with Gasteiger partial charge in [-0.1, -0.05) is 29.8 Å². The summed E-state index contributed by atoms with van der Waals surface area (Å²) in [6.45, 7) is 3.95. The Labute approximate surface area is 157 Å². The molecule has 0 unspecified atom stereocenters. The first-order valence-electron chi connectivity index (χ1n) is 8.18. The van der Waals surface area contributed by atoms with Crippen molar-refractivity contribution in [1.29, 1.82) is 5.26 Å². The minimum atomic E-state index is -0.164. The lowest BCUT2D eigenvalue weighted by Crippen LogP contribution is -2.18. The van der Waals surface area contributed by atoms with Crippen molar-refractivity contribution in [2.75, 3.05) is 22.1 Å². The van der Waals surface area contributed by atoms with E-state index < -0.39 is 0 Å². The zero-order valence-corrected chi connectivity index (χ0v) is 15.7. The fraction of sp³-hybridized carbons (Fsp3) is 0.250. The number of thioether (sulfide) groups is 1. The monoisotopic (exact) mass is 367 g/mol. The summed E-state index contributed by atoms with van der Waals surface area (Å²) in [6.07, 6.45) is 0.347. The number of nitriles is 1. The first-order valence-corrected chi connectivity index (χ1v) is 9.34. The summed E-state index contributed by atoms with van der Waals surface area (Å²) >= 11 is 1.26. The number of carbonyl (C=O) groups excluding carboxylic acids is 2. The van der Waals surface area contributed by atoms with Gasteiger partial charge in [-0.3, -0.25) is 9.59 Å². The van der Waals surface area contributed by atoms with Gasteiger partial charge >= 0.3 is 0 Å². The number of hydrogen-bond acceptors (Lipinski definition) is 4. The van der Waals surface area contributed by atoms with E-state index in [-0.39, 0.29) is 23.3 Å². The van der Waals surface area contributed by atoms with Crippen molar-refractivity contribution in [2.24, 2.45) is 0 Å². The molecule has 0 aliphatic rings. The fourth-order valence-corrected chi connectivity index (χ4v) is 2.99. The van der Waals surface area contributed by atoms with Crippen LogP contribution in [0.3, 0.4) is 0 Å². The van der Waals surface area contributed by atoms with Gasteiger partial charge < -0.3 is 10.6 Å². The van der Waals surface area contributed by atoms with Crippen molar-refractivity contribution >= 4 is 35.0 Å². The summed E-state index contributed by atoms with van der Waals surface area (Å²) in [5.41, 5.74) is 4.54. The van der Waals surface area contributed by atoms with E-state index in [1.807, 2.05) is 44.2 Å². The Morgan fingerprint density at radius 3 is 2.27 bits per heavy atom. The molecule has 0 radical (unpaired) electrons. The molecular weight excluding hydrogens is 346 g/mol. The van der Waals surface area contributed by atoms with Crippen LogP contribution in [-0.4, -0.2) is 23.3 Å². The predicted octanol–water partition coefficient (Wildman–Crippen LogP) is 3.68. The molecule has 0 bridgehead atoms. The standard InChI is InChI=1S/C20H21N3O2S/c1-14-3-8-18(15(2)11-14)23-20(25)13-26-12-19(24)22-17-6-4-16(5-7-17)9-10-21/h3-8,11H,9,12-13H2,1-2H3,(H,22,24)(H,23,25). The highest BCUT2D eigenvalue weighted by Gasteiger charge is 2.08. The third kappa shape index (κ3) is 6.26. The minimum Gasteiger partial charge on any atom is -0.325 e. The second-order valence-corrected chi connectivity index (χ2v) is 6.92. The topological polar surface area (TPSA) is 82.0 Å². The van der Waals surface area contributed by atoms with E-state index in [9.17, 15) is 9.59 Å². The Balaban J connectivity index is 1.73. The number of amides is 2. The van der Waals surface area contributed by atoms with Crippen molar-refractivity contribution in [3.05, 3.63) is 59.2 Å². The molecular formula is C20H21N3O2S. The van der Waals surface area contributed by atoms with Gasteiger partial charge in [0.2, 0.25) is 11.8 Å². The van der Waals surface area contributed by atoms with Gasteiger partial charge in [0.05, 0.1) is 24.0 Å². The number of hydrogen-bond donors (Lipinski definition) is 2. The van der Waals surface area contributed by atoms with Crippen molar-refractivity contribution < 1.29 is 9.59 Å². The van der Waals surface area contributed by atoms with Crippen LogP contribution in [0.1, 0.15) is 16.7 Å². The van der Waals surface area contributed by atoms with Gasteiger partial charge in [0.1, 0.15) is 0 Å². The van der Waals surface area contributed by atoms with Crippen LogP contribution in [0, 0.1) is 25.2 Å². The average molecular weight is 367 g/mol. The van der Waals surface area contributed by atoms with Crippen molar-refractivity contribution in [3.63, 3.8) is 0 Å². The molecule has 134 valence electrons. The van der Waals surface area contributed by atoms with E-state index in [2.05, 4.69) is 16.7 Å². The van der Waals surface area contributed by atoms with Crippen LogP contribution in [0.4, 0.5) is 11.4 Å². The second-order valence-electron chi connectivity index (χ2n) is 5.94. The van der Waals surface area contributed by atoms with Gasteiger partial charge in [-0.15, -0.1) is 11.8 Å². The van der Waals surface area contributed by atoms with E-state index in [0.29, 0.717) is 12.1 Å². The van der Waals surface area contributed by atoms with Crippen LogP contribution in [0.25, 0.3) is 0 Å². The SMILES string of the molecule is Cc1ccc(NC(=O)CSCC(=O)Nc2ccc(CC#N)cc2)c(C)c1. The molecule has 2 rings (SSSR count). The molecule has 2 N–H and O–H groups in total. The van der Waals surface area contributed by atoms with Crippen LogP contribution >= 0.6 is 11.8 Å². The van der Waals surface area contributed by atoms with Gasteiger partial charge in [-0.25, -0.2) is 0 Å². The lowest BCUT2D eigenvalue weighted by atomic mass is 10.1. The van der Waals surface area contributed by atoms with Crippen LogP contribution in [-0.2, 0) is 16.0 Å². The zero-order valence-electron chi connectivity index (χ0n) is 14.8. The highest BCUT2D eigenvalue weighted by atomic mass is 32.2. The Morgan fingerprint density at radius 2 is 1.65 bits per heavy atom. The van der Waals surface area contributed by atoms with Crippen molar-refractivity contribution in [1.82, 2.24) is 0 Å². The van der Waals surface area contributed by atoms with Crippen molar-refractivity contribution in [2.45, 2.75) is 20.3 Å². The van der Waals surface area contributed by atoms with Crippen molar-refractivity contribution in [3.8, 4) is 6.07 Å². The van der Waals surface area contributed by atoms with E-state index in [1.165, 1.54) is 11.8 Å². The van der Waals surface area contributed by atoms with E-state index in [4.69, 9.17) is 5.26 Å². The molecule has 0 saturated heterocycles. The summed E-state index contributed by atoms with van der Waals surface area (Å²) < 4.78 is 0. The smallest absolute Gasteiger partial charge is 0.234 e. The van der Waals surface area contributed by atoms with Crippen LogP contribution in [0.5, 0.6) is 0 Å². The normalized spacial score (nSPS) is 10.0. The van der Waals surface area contributed by atoms with E-state index >= 15 is 0 Å². The maximum absolute atomic E-state index is 12.0. The molecule has 2 aromatic rings. The third-order valence-corrected chi connectivity index (χ3v) is 4.58. The molecule has 0 saturated carbocycles. The van der Waals surface area contributed by atoms with Gasteiger partial charge in [-0.05, 0) is 43.2 Å². The molecule has 26 heavy (non-hydrogen) atoms. The number of anilines is 2. The first kappa shape index (κ1) is 19.5. The highest BCUT2D eigenvalue weighted by molar-refractivity contribution is 8.00. The number of rotatable bonds is 7. The van der Waals surface area contributed by atoms with Crippen LogP contribution < -0.4 is 10.6 Å². The van der Waals surface area contributed by atoms with Crippen LogP contribution in [0.2, 0.25) is 0 Å². The maximum Gasteiger partial charge on any atom is 0.234 e. The molecule has 2 amide bonds. The van der Waals surface area contributed by atoms with Gasteiger partial charge in [0, 0.05) is 11.4 Å². The van der Waals surface area contributed by atoms with Crippen LogP contribution in [0.15, 0.2) is 42.5 Å². The third-order valence-electron chi connectivity index (χ3n) is 3.64. The zero-order chi connectivity index (χ0) is 18.9. The Kier molecular flexibility index (Phi) is 7.24. The quantitative estimate of drug-likeness (QED) is 0.782. The summed E-state index contributed by atoms with van der Waals surface area (Å²) in [5, 5.41) is 14.3. The molecule has 6 heteroatoms. The van der Waals surface area contributed by atoms with E-state index in [0.717, 1.165) is 22.4 Å². The molecule has 0 aromatic heterocycles. The second kappa shape index (κ2) is 9.64. The lowest BCUT2D eigenvalue weighted by Gasteiger charge is -2.09. The average Bonchev–Trinajstić information content (AvgIpc) is 2.59. The highest BCUT2D eigenvalue weighted by Crippen LogP contribution is 2.16. The number of nitrogens with zero attached hydrogens (tertiary/aromatic N) is 1. The Morgan fingerprint density at radius 1 is 1.00 bits per heavy atom. The maximum atomic E-state index is 12.0. The number of nitrogens with one attached hydrogen (secondary N) is 2. The molecule has 0 atom stereocenters. The summed E-state index contributed by atoms with van der Waals surface area (Å²) in [5.74, 6) is 0.111. The molecule has 0 fully saturated rings. The summed E-state index contributed by atoms with van der Waals surface area (Å²) in [6, 6.07) is 15.1. The minimum absolute atomic E-state index is 0.129. The lowest BCUT2D eigenvalue weighted by molar-refractivity contribution is -0.114. The Bertz CT molecular complexity index is 826. The summed E-state index contributed by atoms with van der Waals surface area (Å²) in [4.78, 5) is 23.9. The molecule has 0 heterocycles. The van der Waals surface area contributed by atoms with Gasteiger partial charge in [0.15, 0.2) is 0 Å². The fourth-order valence-electron chi connectivity index (χ4n) is 2.37. The molecule has 2 aromatic carbocycles. The number of benzene rings is 2. The van der Waals surface area contributed by atoms with Gasteiger partial charge in [-0.2, -0.15) is 5.26 Å². The summed E-state index contributed by atoms with van der Waals surface area (Å²) in [7, 11) is 0. The first-order chi connectivity index (χ1) is 12.5.